The Kier molecular flexibility index (Phi) is 4.73. The summed E-state index contributed by atoms with van der Waals surface area (Å²) in [6.07, 6.45) is 1.86. The second-order valence-corrected chi connectivity index (χ2v) is 7.58. The smallest absolute Gasteiger partial charge is 0.230 e. The van der Waals surface area contributed by atoms with E-state index in [1.807, 2.05) is 35.7 Å². The fourth-order valence-electron chi connectivity index (χ4n) is 2.70. The Hall–Kier alpha value is -2.64. The molecule has 7 heteroatoms. The quantitative estimate of drug-likeness (QED) is 0.504. The van der Waals surface area contributed by atoms with Gasteiger partial charge in [0.15, 0.2) is 5.13 Å². The SMILES string of the molecule is O=C(Cc1c(Sc2cccc(F)c2)[nH]c2ccccc12)Nc1nccs1. The van der Waals surface area contributed by atoms with Crippen molar-refractivity contribution in [2.45, 2.75) is 16.3 Å². The van der Waals surface area contributed by atoms with Crippen LogP contribution in [0.3, 0.4) is 0 Å². The third-order valence-corrected chi connectivity index (χ3v) is 5.54. The number of aromatic nitrogens is 2. The highest BCUT2D eigenvalue weighted by Crippen LogP contribution is 2.35. The Balaban J connectivity index is 1.66. The monoisotopic (exact) mass is 383 g/mol. The Morgan fingerprint density at radius 1 is 1.23 bits per heavy atom. The summed E-state index contributed by atoms with van der Waals surface area (Å²) >= 11 is 2.79. The predicted octanol–water partition coefficient (Wildman–Crippen LogP) is 5.10. The summed E-state index contributed by atoms with van der Waals surface area (Å²) in [6, 6.07) is 14.2. The molecule has 2 heterocycles. The number of aromatic amines is 1. The Morgan fingerprint density at radius 3 is 2.92 bits per heavy atom. The van der Waals surface area contributed by atoms with E-state index < -0.39 is 0 Å². The van der Waals surface area contributed by atoms with E-state index in [9.17, 15) is 9.18 Å². The van der Waals surface area contributed by atoms with Gasteiger partial charge in [-0.1, -0.05) is 36.0 Å². The molecule has 0 fully saturated rings. The fraction of sp³-hybridized carbons (Fsp3) is 0.0526. The van der Waals surface area contributed by atoms with Gasteiger partial charge in [0, 0.05) is 32.9 Å². The number of carbonyl (C=O) groups excluding carboxylic acids is 1. The summed E-state index contributed by atoms with van der Waals surface area (Å²) in [5, 5.41) is 7.03. The Labute approximate surface area is 157 Å². The van der Waals surface area contributed by atoms with Crippen LogP contribution in [0.1, 0.15) is 5.56 Å². The molecule has 0 bridgehead atoms. The van der Waals surface area contributed by atoms with Crippen LogP contribution in [-0.2, 0) is 11.2 Å². The van der Waals surface area contributed by atoms with Gasteiger partial charge in [-0.2, -0.15) is 0 Å². The van der Waals surface area contributed by atoms with Crippen LogP contribution in [0, 0.1) is 5.82 Å². The minimum absolute atomic E-state index is 0.134. The first-order valence-electron chi connectivity index (χ1n) is 7.91. The molecule has 0 aliphatic carbocycles. The van der Waals surface area contributed by atoms with Gasteiger partial charge >= 0.3 is 0 Å². The van der Waals surface area contributed by atoms with Gasteiger partial charge in [0.2, 0.25) is 5.91 Å². The number of nitrogens with one attached hydrogen (secondary N) is 2. The maximum atomic E-state index is 13.5. The molecule has 130 valence electrons. The lowest BCUT2D eigenvalue weighted by Gasteiger charge is -2.05. The predicted molar refractivity (Wildman–Crippen MR) is 103 cm³/mol. The third-order valence-electron chi connectivity index (χ3n) is 3.81. The summed E-state index contributed by atoms with van der Waals surface area (Å²) < 4.78 is 13.5. The minimum Gasteiger partial charge on any atom is -0.349 e. The van der Waals surface area contributed by atoms with Crippen molar-refractivity contribution in [2.75, 3.05) is 5.32 Å². The molecule has 0 aliphatic heterocycles. The maximum absolute atomic E-state index is 13.5. The standard InChI is InChI=1S/C19H14FN3OS2/c20-12-4-3-5-13(10-12)26-18-15(14-6-1-2-7-16(14)22-18)11-17(24)23-19-21-8-9-25-19/h1-10,22H,11H2,(H,21,23,24). The molecule has 26 heavy (non-hydrogen) atoms. The van der Waals surface area contributed by atoms with Crippen molar-refractivity contribution in [3.63, 3.8) is 0 Å². The van der Waals surface area contributed by atoms with Crippen molar-refractivity contribution in [3.05, 3.63) is 71.5 Å². The number of para-hydroxylation sites is 1. The zero-order valence-electron chi connectivity index (χ0n) is 13.5. The van der Waals surface area contributed by atoms with E-state index >= 15 is 0 Å². The molecule has 0 radical (unpaired) electrons. The molecule has 1 amide bonds. The van der Waals surface area contributed by atoms with Crippen LogP contribution in [-0.4, -0.2) is 15.9 Å². The lowest BCUT2D eigenvalue weighted by molar-refractivity contribution is -0.115. The highest BCUT2D eigenvalue weighted by atomic mass is 32.2. The van der Waals surface area contributed by atoms with Crippen molar-refractivity contribution in [2.24, 2.45) is 0 Å². The summed E-state index contributed by atoms with van der Waals surface area (Å²) in [5.74, 6) is -0.417. The maximum Gasteiger partial charge on any atom is 0.230 e. The number of anilines is 1. The zero-order valence-corrected chi connectivity index (χ0v) is 15.2. The number of amides is 1. The van der Waals surface area contributed by atoms with Gasteiger partial charge in [-0.3, -0.25) is 4.79 Å². The van der Waals surface area contributed by atoms with Gasteiger partial charge < -0.3 is 10.3 Å². The van der Waals surface area contributed by atoms with Gasteiger partial charge in [-0.05, 0) is 24.3 Å². The molecule has 0 aliphatic rings. The average molecular weight is 383 g/mol. The summed E-state index contributed by atoms with van der Waals surface area (Å²) in [6.45, 7) is 0. The molecular formula is C19H14FN3OS2. The molecule has 0 unspecified atom stereocenters. The summed E-state index contributed by atoms with van der Waals surface area (Å²) in [7, 11) is 0. The van der Waals surface area contributed by atoms with Crippen LogP contribution in [0.15, 0.2) is 70.0 Å². The van der Waals surface area contributed by atoms with Gasteiger partial charge in [0.25, 0.3) is 0 Å². The number of hydrogen-bond donors (Lipinski definition) is 2. The van der Waals surface area contributed by atoms with Gasteiger partial charge in [-0.15, -0.1) is 11.3 Å². The van der Waals surface area contributed by atoms with Gasteiger partial charge in [0.1, 0.15) is 5.82 Å². The number of H-pyrrole nitrogens is 1. The fourth-order valence-corrected chi connectivity index (χ4v) is 4.26. The first kappa shape index (κ1) is 16.8. The summed E-state index contributed by atoms with van der Waals surface area (Å²) in [5.41, 5.74) is 1.84. The lowest BCUT2D eigenvalue weighted by Crippen LogP contribution is -2.14. The molecule has 2 N–H and O–H groups in total. The number of benzene rings is 2. The molecule has 4 nitrogen and oxygen atoms in total. The second kappa shape index (κ2) is 7.31. The highest BCUT2D eigenvalue weighted by Gasteiger charge is 2.16. The number of nitrogens with zero attached hydrogens (tertiary/aromatic N) is 1. The van der Waals surface area contributed by atoms with E-state index in [2.05, 4.69) is 15.3 Å². The molecule has 4 rings (SSSR count). The zero-order chi connectivity index (χ0) is 17.9. The first-order chi connectivity index (χ1) is 12.7. The van der Waals surface area contributed by atoms with E-state index in [1.165, 1.54) is 35.2 Å². The van der Waals surface area contributed by atoms with Crippen LogP contribution in [0.2, 0.25) is 0 Å². The Morgan fingerprint density at radius 2 is 2.12 bits per heavy atom. The molecule has 0 saturated heterocycles. The number of hydrogen-bond acceptors (Lipinski definition) is 4. The molecule has 0 saturated carbocycles. The van der Waals surface area contributed by atoms with Crippen molar-refractivity contribution in [3.8, 4) is 0 Å². The van der Waals surface area contributed by atoms with Crippen LogP contribution >= 0.6 is 23.1 Å². The van der Waals surface area contributed by atoms with Crippen LogP contribution in [0.25, 0.3) is 10.9 Å². The highest BCUT2D eigenvalue weighted by molar-refractivity contribution is 7.99. The van der Waals surface area contributed by atoms with E-state index in [4.69, 9.17) is 0 Å². The number of fused-ring (bicyclic) bond motifs is 1. The topological polar surface area (TPSA) is 57.8 Å². The average Bonchev–Trinajstić information content (AvgIpc) is 3.24. The lowest BCUT2D eigenvalue weighted by atomic mass is 10.1. The summed E-state index contributed by atoms with van der Waals surface area (Å²) in [4.78, 5) is 20.7. The molecule has 0 spiro atoms. The van der Waals surface area contributed by atoms with Gasteiger partial charge in [0.05, 0.1) is 11.4 Å². The molecule has 4 aromatic rings. The van der Waals surface area contributed by atoms with Crippen molar-refractivity contribution in [1.82, 2.24) is 9.97 Å². The normalized spacial score (nSPS) is 11.0. The number of carbonyl (C=O) groups is 1. The molecule has 0 atom stereocenters. The van der Waals surface area contributed by atoms with Crippen molar-refractivity contribution >= 4 is 45.0 Å². The van der Waals surface area contributed by atoms with Crippen LogP contribution in [0.5, 0.6) is 0 Å². The van der Waals surface area contributed by atoms with Crippen LogP contribution < -0.4 is 5.32 Å². The second-order valence-electron chi connectivity index (χ2n) is 5.60. The number of rotatable bonds is 5. The van der Waals surface area contributed by atoms with Gasteiger partial charge in [-0.25, -0.2) is 9.37 Å². The Bertz CT molecular complexity index is 1060. The van der Waals surface area contributed by atoms with E-state index in [1.54, 1.807) is 12.3 Å². The van der Waals surface area contributed by atoms with Crippen molar-refractivity contribution < 1.29 is 9.18 Å². The number of thiazole rings is 1. The minimum atomic E-state index is -0.283. The van der Waals surface area contributed by atoms with E-state index in [0.717, 1.165) is 26.4 Å². The van der Waals surface area contributed by atoms with Crippen LogP contribution in [0.4, 0.5) is 9.52 Å². The van der Waals surface area contributed by atoms with E-state index in [-0.39, 0.29) is 18.1 Å². The molecule has 2 aromatic carbocycles. The molecule has 2 aromatic heterocycles. The van der Waals surface area contributed by atoms with Crippen molar-refractivity contribution in [1.29, 1.82) is 0 Å². The third kappa shape index (κ3) is 3.63. The van der Waals surface area contributed by atoms with E-state index in [0.29, 0.717) is 5.13 Å². The molecular weight excluding hydrogens is 369 g/mol. The largest absolute Gasteiger partial charge is 0.349 e. The first-order valence-corrected chi connectivity index (χ1v) is 9.61. The number of halogens is 1.